The fourth-order valence-electron chi connectivity index (χ4n) is 3.80. The fourth-order valence-corrected chi connectivity index (χ4v) is 3.80. The number of rotatable bonds is 2. The molecule has 2 fully saturated rings. The maximum atomic E-state index is 4.15. The first-order chi connectivity index (χ1) is 7.98. The van der Waals surface area contributed by atoms with Crippen LogP contribution in [0.3, 0.4) is 0 Å². The minimum absolute atomic E-state index is 0.345. The first-order valence-corrected chi connectivity index (χ1v) is 7.37. The van der Waals surface area contributed by atoms with E-state index in [0.29, 0.717) is 11.0 Å². The highest BCUT2D eigenvalue weighted by atomic mass is 15.2. The van der Waals surface area contributed by atoms with Crippen molar-refractivity contribution < 1.29 is 0 Å². The maximum Gasteiger partial charge on any atom is 0.0388 e. The number of hydrogen-bond donors (Lipinski definition) is 0. The van der Waals surface area contributed by atoms with E-state index in [-0.39, 0.29) is 0 Å². The average Bonchev–Trinajstić information content (AvgIpc) is 2.82. The van der Waals surface area contributed by atoms with Crippen molar-refractivity contribution in [2.45, 2.75) is 64.8 Å². The lowest BCUT2D eigenvalue weighted by atomic mass is 9.67. The van der Waals surface area contributed by atoms with Crippen molar-refractivity contribution in [2.24, 2.45) is 11.3 Å². The Morgan fingerprint density at radius 1 is 1.12 bits per heavy atom. The summed E-state index contributed by atoms with van der Waals surface area (Å²) in [6.07, 6.45) is 10.5. The molecule has 2 rings (SSSR count). The molecule has 1 heteroatoms. The Morgan fingerprint density at radius 2 is 1.65 bits per heavy atom. The molecular formula is C16H29N. The molecule has 0 radical (unpaired) electrons. The second-order valence-electron chi connectivity index (χ2n) is 7.14. The zero-order chi connectivity index (χ0) is 12.5. The minimum Gasteiger partial charge on any atom is -0.294 e. The van der Waals surface area contributed by atoms with E-state index in [1.807, 2.05) is 0 Å². The maximum absolute atomic E-state index is 4.15. The fraction of sp³-hybridized carbons (Fsp3) is 0.875. The molecule has 0 aromatic rings. The van der Waals surface area contributed by atoms with Gasteiger partial charge < -0.3 is 0 Å². The van der Waals surface area contributed by atoms with E-state index < -0.39 is 0 Å². The Hall–Kier alpha value is -0.300. The highest BCUT2D eigenvalue weighted by Crippen LogP contribution is 2.44. The molecule has 1 saturated carbocycles. The van der Waals surface area contributed by atoms with Gasteiger partial charge in [-0.2, -0.15) is 0 Å². The molecular weight excluding hydrogens is 206 g/mol. The Balaban J connectivity index is 2.01. The average molecular weight is 235 g/mol. The molecule has 0 atom stereocenters. The normalized spacial score (nSPS) is 36.1. The summed E-state index contributed by atoms with van der Waals surface area (Å²) in [5, 5.41) is 0. The van der Waals surface area contributed by atoms with Gasteiger partial charge in [-0.3, -0.25) is 4.90 Å². The number of hydrogen-bond acceptors (Lipinski definition) is 1. The summed E-state index contributed by atoms with van der Waals surface area (Å²) in [5.74, 6) is 0.901. The van der Waals surface area contributed by atoms with Crippen molar-refractivity contribution in [3.8, 4) is 0 Å². The molecule has 1 aliphatic carbocycles. The van der Waals surface area contributed by atoms with Crippen molar-refractivity contribution in [2.75, 3.05) is 13.1 Å². The lowest BCUT2D eigenvalue weighted by Crippen LogP contribution is -2.49. The molecule has 1 saturated heterocycles. The van der Waals surface area contributed by atoms with Crippen molar-refractivity contribution in [1.29, 1.82) is 0 Å². The van der Waals surface area contributed by atoms with Crippen molar-refractivity contribution in [3.63, 3.8) is 0 Å². The van der Waals surface area contributed by atoms with Gasteiger partial charge in [0.2, 0.25) is 0 Å². The van der Waals surface area contributed by atoms with E-state index in [2.05, 4.69) is 38.3 Å². The van der Waals surface area contributed by atoms with E-state index in [1.165, 1.54) is 51.6 Å². The SMILES string of the molecule is C=CC1(N2CCCC2)CCC(C(C)(C)C)CC1. The third-order valence-corrected chi connectivity index (χ3v) is 5.19. The Bertz CT molecular complexity index is 260. The Morgan fingerprint density at radius 3 is 2.06 bits per heavy atom. The lowest BCUT2D eigenvalue weighted by Gasteiger charge is -2.47. The molecule has 98 valence electrons. The third kappa shape index (κ3) is 2.59. The Labute approximate surface area is 107 Å². The topological polar surface area (TPSA) is 3.24 Å². The molecule has 0 spiro atoms. The van der Waals surface area contributed by atoms with Crippen LogP contribution in [0, 0.1) is 11.3 Å². The first-order valence-electron chi connectivity index (χ1n) is 7.37. The minimum atomic E-state index is 0.345. The molecule has 0 amide bonds. The predicted molar refractivity (Wildman–Crippen MR) is 75.1 cm³/mol. The smallest absolute Gasteiger partial charge is 0.0388 e. The summed E-state index contributed by atoms with van der Waals surface area (Å²) < 4.78 is 0. The van der Waals surface area contributed by atoms with Crippen molar-refractivity contribution >= 4 is 0 Å². The molecule has 0 aromatic carbocycles. The summed E-state index contributed by atoms with van der Waals surface area (Å²) >= 11 is 0. The van der Waals surface area contributed by atoms with E-state index in [4.69, 9.17) is 0 Å². The van der Waals surface area contributed by atoms with Gasteiger partial charge in [0.05, 0.1) is 0 Å². The van der Waals surface area contributed by atoms with Crippen LogP contribution in [0.2, 0.25) is 0 Å². The van der Waals surface area contributed by atoms with Gasteiger partial charge in [-0.05, 0) is 62.9 Å². The summed E-state index contributed by atoms with van der Waals surface area (Å²) in [7, 11) is 0. The summed E-state index contributed by atoms with van der Waals surface area (Å²) in [4.78, 5) is 2.71. The van der Waals surface area contributed by atoms with Gasteiger partial charge in [0.25, 0.3) is 0 Å². The lowest BCUT2D eigenvalue weighted by molar-refractivity contribution is 0.0642. The summed E-state index contributed by atoms with van der Waals surface area (Å²) in [6.45, 7) is 13.9. The van der Waals surface area contributed by atoms with Crippen LogP contribution in [0.25, 0.3) is 0 Å². The molecule has 1 aliphatic heterocycles. The molecule has 0 aromatic heterocycles. The van der Waals surface area contributed by atoms with Crippen molar-refractivity contribution in [1.82, 2.24) is 4.90 Å². The van der Waals surface area contributed by atoms with Gasteiger partial charge in [0.1, 0.15) is 0 Å². The molecule has 2 aliphatic rings. The van der Waals surface area contributed by atoms with Crippen LogP contribution >= 0.6 is 0 Å². The number of likely N-dealkylation sites (tertiary alicyclic amines) is 1. The first kappa shape index (κ1) is 13.1. The third-order valence-electron chi connectivity index (χ3n) is 5.19. The van der Waals surface area contributed by atoms with E-state index >= 15 is 0 Å². The second-order valence-corrected chi connectivity index (χ2v) is 7.14. The number of nitrogens with zero attached hydrogens (tertiary/aromatic N) is 1. The van der Waals surface area contributed by atoms with E-state index in [1.54, 1.807) is 0 Å². The van der Waals surface area contributed by atoms with Gasteiger partial charge in [-0.25, -0.2) is 0 Å². The van der Waals surface area contributed by atoms with Gasteiger partial charge in [0.15, 0.2) is 0 Å². The molecule has 0 N–H and O–H groups in total. The Kier molecular flexibility index (Phi) is 3.68. The largest absolute Gasteiger partial charge is 0.294 e. The monoisotopic (exact) mass is 235 g/mol. The van der Waals surface area contributed by atoms with E-state index in [0.717, 1.165) is 5.92 Å². The molecule has 1 nitrogen and oxygen atoms in total. The molecule has 17 heavy (non-hydrogen) atoms. The quantitative estimate of drug-likeness (QED) is 0.647. The van der Waals surface area contributed by atoms with Crippen LogP contribution in [-0.2, 0) is 0 Å². The molecule has 0 bridgehead atoms. The molecule has 1 heterocycles. The summed E-state index contributed by atoms with van der Waals surface area (Å²) in [5.41, 5.74) is 0.830. The second kappa shape index (κ2) is 4.76. The predicted octanol–water partition coefficient (Wildman–Crippen LogP) is 4.24. The zero-order valence-corrected chi connectivity index (χ0v) is 12.0. The van der Waals surface area contributed by atoms with Crippen LogP contribution in [0.1, 0.15) is 59.3 Å². The zero-order valence-electron chi connectivity index (χ0n) is 12.0. The molecule has 0 unspecified atom stereocenters. The van der Waals surface area contributed by atoms with Crippen LogP contribution in [0.4, 0.5) is 0 Å². The van der Waals surface area contributed by atoms with Crippen molar-refractivity contribution in [3.05, 3.63) is 12.7 Å². The standard InChI is InChI=1S/C16H29N/c1-5-16(17-12-6-7-13-17)10-8-14(9-11-16)15(2,3)4/h5,14H,1,6-13H2,2-4H3. The highest BCUT2D eigenvalue weighted by Gasteiger charge is 2.41. The highest BCUT2D eigenvalue weighted by molar-refractivity contribution is 5.08. The van der Waals surface area contributed by atoms with Crippen LogP contribution < -0.4 is 0 Å². The van der Waals surface area contributed by atoms with Gasteiger partial charge in [-0.15, -0.1) is 6.58 Å². The van der Waals surface area contributed by atoms with Gasteiger partial charge in [0, 0.05) is 5.54 Å². The van der Waals surface area contributed by atoms with Crippen LogP contribution in [0.5, 0.6) is 0 Å². The van der Waals surface area contributed by atoms with Crippen LogP contribution in [0.15, 0.2) is 12.7 Å². The van der Waals surface area contributed by atoms with Crippen LogP contribution in [-0.4, -0.2) is 23.5 Å². The van der Waals surface area contributed by atoms with Gasteiger partial charge in [-0.1, -0.05) is 26.8 Å². The van der Waals surface area contributed by atoms with Gasteiger partial charge >= 0.3 is 0 Å². The van der Waals surface area contributed by atoms with E-state index in [9.17, 15) is 0 Å². The summed E-state index contributed by atoms with van der Waals surface area (Å²) in [6, 6.07) is 0.